The Morgan fingerprint density at radius 2 is 2.32 bits per heavy atom. The summed E-state index contributed by atoms with van der Waals surface area (Å²) in [7, 11) is 3.91. The molecule has 1 aliphatic carbocycles. The van der Waals surface area contributed by atoms with Crippen LogP contribution in [0.25, 0.3) is 0 Å². The van der Waals surface area contributed by atoms with Gasteiger partial charge in [0.1, 0.15) is 5.82 Å². The van der Waals surface area contributed by atoms with Gasteiger partial charge in [-0.2, -0.15) is 0 Å². The third-order valence-corrected chi connectivity index (χ3v) is 3.37. The molecule has 4 heteroatoms. The van der Waals surface area contributed by atoms with Crippen molar-refractivity contribution in [2.75, 3.05) is 19.0 Å². The van der Waals surface area contributed by atoms with Crippen molar-refractivity contribution in [2.45, 2.75) is 25.8 Å². The largest absolute Gasteiger partial charge is 0.363 e. The summed E-state index contributed by atoms with van der Waals surface area (Å²) in [5.74, 6) is 1.21. The van der Waals surface area contributed by atoms with Gasteiger partial charge in [-0.05, 0) is 37.0 Å². The van der Waals surface area contributed by atoms with Gasteiger partial charge in [-0.15, -0.1) is 0 Å². The highest BCUT2D eigenvalue weighted by atomic mass is 16.1. The molecule has 1 aromatic heterocycles. The van der Waals surface area contributed by atoms with Gasteiger partial charge in [0.25, 0.3) is 0 Å². The van der Waals surface area contributed by atoms with Crippen LogP contribution in [0.4, 0.5) is 5.82 Å². The minimum Gasteiger partial charge on any atom is -0.363 e. The number of amides is 1. The number of carbonyl (C=O) groups is 1. The Hall–Kier alpha value is -1.84. The highest BCUT2D eigenvalue weighted by Crippen LogP contribution is 2.18. The number of nitrogens with zero attached hydrogens (tertiary/aromatic N) is 2. The molecule has 0 bridgehead atoms. The quantitative estimate of drug-likeness (QED) is 0.842. The smallest absolute Gasteiger partial charge is 0.223 e. The Labute approximate surface area is 114 Å². The molecule has 2 rings (SSSR count). The summed E-state index contributed by atoms with van der Waals surface area (Å²) in [4.78, 5) is 18.2. The molecule has 1 aliphatic rings. The van der Waals surface area contributed by atoms with E-state index in [1.165, 1.54) is 0 Å². The van der Waals surface area contributed by atoms with Crippen LogP contribution in [0.15, 0.2) is 30.5 Å². The summed E-state index contributed by atoms with van der Waals surface area (Å²) in [6.07, 6.45) is 8.87. The molecule has 0 fully saturated rings. The first-order valence-electron chi connectivity index (χ1n) is 6.72. The van der Waals surface area contributed by atoms with E-state index in [4.69, 9.17) is 0 Å². The summed E-state index contributed by atoms with van der Waals surface area (Å²) >= 11 is 0. The Morgan fingerprint density at radius 1 is 1.47 bits per heavy atom. The molecule has 4 nitrogen and oxygen atoms in total. The van der Waals surface area contributed by atoms with Crippen molar-refractivity contribution in [3.05, 3.63) is 36.0 Å². The number of nitrogens with one attached hydrogen (secondary N) is 1. The number of rotatable bonds is 4. The van der Waals surface area contributed by atoms with Crippen LogP contribution in [0.5, 0.6) is 0 Å². The number of anilines is 1. The average Bonchev–Trinajstić information content (AvgIpc) is 2.46. The van der Waals surface area contributed by atoms with Gasteiger partial charge in [0, 0.05) is 32.8 Å². The first-order valence-corrected chi connectivity index (χ1v) is 6.72. The monoisotopic (exact) mass is 259 g/mol. The maximum Gasteiger partial charge on any atom is 0.223 e. The van der Waals surface area contributed by atoms with Crippen LogP contribution in [0.3, 0.4) is 0 Å². The van der Waals surface area contributed by atoms with Crippen molar-refractivity contribution in [3.63, 3.8) is 0 Å². The lowest BCUT2D eigenvalue weighted by Crippen LogP contribution is -2.30. The average molecular weight is 259 g/mol. The molecule has 1 atom stereocenters. The topological polar surface area (TPSA) is 45.2 Å². The molecule has 1 aromatic rings. The highest BCUT2D eigenvalue weighted by molar-refractivity contribution is 5.79. The van der Waals surface area contributed by atoms with Crippen LogP contribution in [-0.4, -0.2) is 25.0 Å². The molecule has 0 saturated carbocycles. The lowest BCUT2D eigenvalue weighted by molar-refractivity contribution is -0.125. The Morgan fingerprint density at radius 3 is 3.00 bits per heavy atom. The summed E-state index contributed by atoms with van der Waals surface area (Å²) in [5.41, 5.74) is 1.08. The van der Waals surface area contributed by atoms with E-state index in [0.29, 0.717) is 6.54 Å². The highest BCUT2D eigenvalue weighted by Gasteiger charge is 2.18. The van der Waals surface area contributed by atoms with Crippen LogP contribution in [-0.2, 0) is 11.3 Å². The van der Waals surface area contributed by atoms with Gasteiger partial charge in [0.05, 0.1) is 0 Å². The third kappa shape index (κ3) is 3.81. The fourth-order valence-electron chi connectivity index (χ4n) is 2.18. The minimum atomic E-state index is 0.139. The van der Waals surface area contributed by atoms with Crippen LogP contribution < -0.4 is 10.2 Å². The van der Waals surface area contributed by atoms with Crippen molar-refractivity contribution in [1.82, 2.24) is 10.3 Å². The first kappa shape index (κ1) is 13.6. The van der Waals surface area contributed by atoms with Gasteiger partial charge in [0.2, 0.25) is 5.91 Å². The maximum atomic E-state index is 12.0. The number of carbonyl (C=O) groups excluding carboxylic acids is 1. The number of hydrogen-bond acceptors (Lipinski definition) is 3. The molecule has 0 spiro atoms. The van der Waals surface area contributed by atoms with Crippen molar-refractivity contribution in [2.24, 2.45) is 5.92 Å². The second-order valence-electron chi connectivity index (χ2n) is 5.12. The molecule has 1 unspecified atom stereocenters. The molecule has 1 N–H and O–H groups in total. The third-order valence-electron chi connectivity index (χ3n) is 3.37. The van der Waals surface area contributed by atoms with E-state index in [0.717, 1.165) is 30.6 Å². The standard InChI is InChI=1S/C15H21N3O/c1-18(2)14-10-12(8-9-16-14)11-17-15(19)13-6-4-3-5-7-13/h3-4,8-10,13H,5-7,11H2,1-2H3,(H,17,19). The van der Waals surface area contributed by atoms with Crippen LogP contribution in [0, 0.1) is 5.92 Å². The van der Waals surface area contributed by atoms with Gasteiger partial charge >= 0.3 is 0 Å². The number of hydrogen-bond donors (Lipinski definition) is 1. The summed E-state index contributed by atoms with van der Waals surface area (Å²) in [6.45, 7) is 0.572. The second kappa shape index (κ2) is 6.36. The number of pyridine rings is 1. The maximum absolute atomic E-state index is 12.0. The van der Waals surface area contributed by atoms with Crippen molar-refractivity contribution in [1.29, 1.82) is 0 Å². The zero-order valence-electron chi connectivity index (χ0n) is 11.6. The van der Waals surface area contributed by atoms with Gasteiger partial charge in [-0.1, -0.05) is 12.2 Å². The molecule has 1 heterocycles. The van der Waals surface area contributed by atoms with Gasteiger partial charge in [0.15, 0.2) is 0 Å². The van der Waals surface area contributed by atoms with Gasteiger partial charge < -0.3 is 10.2 Å². The normalized spacial score (nSPS) is 18.1. The van der Waals surface area contributed by atoms with E-state index >= 15 is 0 Å². The van der Waals surface area contributed by atoms with E-state index in [1.807, 2.05) is 31.1 Å². The van der Waals surface area contributed by atoms with E-state index < -0.39 is 0 Å². The van der Waals surface area contributed by atoms with E-state index in [-0.39, 0.29) is 11.8 Å². The van der Waals surface area contributed by atoms with Gasteiger partial charge in [-0.3, -0.25) is 4.79 Å². The molecule has 0 aliphatic heterocycles. The molecule has 0 aromatic carbocycles. The number of allylic oxidation sites excluding steroid dienone is 2. The minimum absolute atomic E-state index is 0.139. The molecular formula is C15H21N3O. The van der Waals surface area contributed by atoms with Crippen molar-refractivity contribution < 1.29 is 4.79 Å². The zero-order chi connectivity index (χ0) is 13.7. The van der Waals surface area contributed by atoms with Crippen molar-refractivity contribution >= 4 is 11.7 Å². The van der Waals surface area contributed by atoms with Crippen LogP contribution >= 0.6 is 0 Å². The molecule has 0 saturated heterocycles. The van der Waals surface area contributed by atoms with Crippen molar-refractivity contribution in [3.8, 4) is 0 Å². The lowest BCUT2D eigenvalue weighted by atomic mass is 9.93. The fraction of sp³-hybridized carbons (Fsp3) is 0.467. The summed E-state index contributed by atoms with van der Waals surface area (Å²) < 4.78 is 0. The van der Waals surface area contributed by atoms with Gasteiger partial charge in [-0.25, -0.2) is 4.98 Å². The fourth-order valence-corrected chi connectivity index (χ4v) is 2.18. The van der Waals surface area contributed by atoms with E-state index in [9.17, 15) is 4.79 Å². The summed E-state index contributed by atoms with van der Waals surface area (Å²) in [5, 5.41) is 3.02. The first-order chi connectivity index (χ1) is 9.16. The molecule has 102 valence electrons. The predicted octanol–water partition coefficient (Wildman–Crippen LogP) is 2.12. The predicted molar refractivity (Wildman–Crippen MR) is 76.9 cm³/mol. The molecule has 1 amide bonds. The Kier molecular flexibility index (Phi) is 4.55. The SMILES string of the molecule is CN(C)c1cc(CNC(=O)C2CC=CCC2)ccn1. The Balaban J connectivity index is 1.89. The zero-order valence-corrected chi connectivity index (χ0v) is 11.6. The van der Waals surface area contributed by atoms with Crippen LogP contribution in [0.1, 0.15) is 24.8 Å². The van der Waals surface area contributed by atoms with Crippen LogP contribution in [0.2, 0.25) is 0 Å². The molecule has 0 radical (unpaired) electrons. The molecular weight excluding hydrogens is 238 g/mol. The van der Waals surface area contributed by atoms with E-state index in [1.54, 1.807) is 6.20 Å². The Bertz CT molecular complexity index is 468. The van der Waals surface area contributed by atoms with E-state index in [2.05, 4.69) is 22.5 Å². The number of aromatic nitrogens is 1. The summed E-state index contributed by atoms with van der Waals surface area (Å²) in [6, 6.07) is 3.94. The lowest BCUT2D eigenvalue weighted by Gasteiger charge is -2.17. The second-order valence-corrected chi connectivity index (χ2v) is 5.12. The molecule has 19 heavy (non-hydrogen) atoms.